The van der Waals surface area contributed by atoms with Crippen LogP contribution in [0.4, 0.5) is 9.18 Å². The molecular weight excluding hydrogens is 425 g/mol. The number of esters is 1. The van der Waals surface area contributed by atoms with Crippen molar-refractivity contribution in [3.05, 3.63) is 35.7 Å². The predicted octanol–water partition coefficient (Wildman–Crippen LogP) is 5.60. The van der Waals surface area contributed by atoms with Gasteiger partial charge in [-0.25, -0.2) is 9.18 Å². The number of ether oxygens (including phenoxy) is 3. The van der Waals surface area contributed by atoms with Gasteiger partial charge in [-0.1, -0.05) is 6.08 Å². The topological polar surface area (TPSA) is 65.1 Å². The van der Waals surface area contributed by atoms with Gasteiger partial charge in [0.25, 0.3) is 0 Å². The Balaban J connectivity index is 1.48. The SMILES string of the molecule is CCOC(=O)C1CC=C(c2ccc(OCC3CCN(C(=O)OC(C)(C)C)CC3)cc2F)CC1. The van der Waals surface area contributed by atoms with Gasteiger partial charge in [0, 0.05) is 24.7 Å². The average Bonchev–Trinajstić information content (AvgIpc) is 2.77. The minimum Gasteiger partial charge on any atom is -0.493 e. The van der Waals surface area contributed by atoms with Gasteiger partial charge in [-0.3, -0.25) is 4.79 Å². The van der Waals surface area contributed by atoms with Crippen LogP contribution in [0.25, 0.3) is 5.57 Å². The van der Waals surface area contributed by atoms with Crippen LogP contribution in [0.5, 0.6) is 5.75 Å². The summed E-state index contributed by atoms with van der Waals surface area (Å²) >= 11 is 0. The van der Waals surface area contributed by atoms with Crippen molar-refractivity contribution in [3.63, 3.8) is 0 Å². The Kier molecular flexibility index (Phi) is 8.38. The number of carbonyl (C=O) groups excluding carboxylic acids is 2. The molecule has 1 fully saturated rings. The van der Waals surface area contributed by atoms with Gasteiger partial charge < -0.3 is 19.1 Å². The summed E-state index contributed by atoms with van der Waals surface area (Å²) in [4.78, 5) is 25.8. The fourth-order valence-corrected chi connectivity index (χ4v) is 4.22. The normalized spacial score (nSPS) is 19.6. The first-order valence-electron chi connectivity index (χ1n) is 11.9. The van der Waals surface area contributed by atoms with E-state index in [1.807, 2.05) is 26.8 Å². The third-order valence-electron chi connectivity index (χ3n) is 6.07. The molecule has 0 bridgehead atoms. The van der Waals surface area contributed by atoms with Crippen molar-refractivity contribution in [2.45, 2.75) is 65.4 Å². The van der Waals surface area contributed by atoms with Crippen LogP contribution in [0, 0.1) is 17.7 Å². The Labute approximate surface area is 196 Å². The second kappa shape index (κ2) is 11.0. The van der Waals surface area contributed by atoms with E-state index >= 15 is 0 Å². The third kappa shape index (κ3) is 7.21. The van der Waals surface area contributed by atoms with Gasteiger partial charge in [0.1, 0.15) is 17.2 Å². The molecule has 1 atom stereocenters. The summed E-state index contributed by atoms with van der Waals surface area (Å²) in [6.07, 6.45) is 5.23. The van der Waals surface area contributed by atoms with Crippen LogP contribution in [0.1, 0.15) is 65.4 Å². The number of likely N-dealkylation sites (tertiary alicyclic amines) is 1. The zero-order valence-corrected chi connectivity index (χ0v) is 20.2. The highest BCUT2D eigenvalue weighted by molar-refractivity contribution is 5.76. The average molecular weight is 462 g/mol. The maximum atomic E-state index is 14.8. The molecule has 2 aliphatic rings. The summed E-state index contributed by atoms with van der Waals surface area (Å²) < 4.78 is 31.2. The van der Waals surface area contributed by atoms with Gasteiger partial charge in [0.15, 0.2) is 0 Å². The number of benzene rings is 1. The van der Waals surface area contributed by atoms with Crippen LogP contribution in [0.3, 0.4) is 0 Å². The maximum Gasteiger partial charge on any atom is 0.410 e. The van der Waals surface area contributed by atoms with E-state index in [1.54, 1.807) is 24.0 Å². The van der Waals surface area contributed by atoms with E-state index in [2.05, 4.69) is 0 Å². The molecular formula is C26H36FNO5. The van der Waals surface area contributed by atoms with Crippen LogP contribution in [-0.4, -0.2) is 48.9 Å². The predicted molar refractivity (Wildman–Crippen MR) is 124 cm³/mol. The number of rotatable bonds is 6. The number of nitrogens with zero attached hydrogens (tertiary/aromatic N) is 1. The van der Waals surface area contributed by atoms with E-state index in [0.29, 0.717) is 62.8 Å². The maximum absolute atomic E-state index is 14.8. The van der Waals surface area contributed by atoms with Gasteiger partial charge in [0.05, 0.1) is 19.1 Å². The lowest BCUT2D eigenvalue weighted by Gasteiger charge is -2.33. The zero-order chi connectivity index (χ0) is 24.0. The number of hydrogen-bond donors (Lipinski definition) is 0. The first kappa shape index (κ1) is 25.1. The molecule has 7 heteroatoms. The first-order chi connectivity index (χ1) is 15.7. The summed E-state index contributed by atoms with van der Waals surface area (Å²) in [5.74, 6) is 0.196. The number of allylic oxidation sites excluding steroid dienone is 2. The zero-order valence-electron chi connectivity index (χ0n) is 20.2. The summed E-state index contributed by atoms with van der Waals surface area (Å²) in [6, 6.07) is 4.99. The van der Waals surface area contributed by atoms with Gasteiger partial charge in [-0.05, 0) is 83.4 Å². The Morgan fingerprint density at radius 2 is 1.88 bits per heavy atom. The first-order valence-corrected chi connectivity index (χ1v) is 11.9. The van der Waals surface area contributed by atoms with Crippen molar-refractivity contribution in [2.75, 3.05) is 26.3 Å². The lowest BCUT2D eigenvalue weighted by molar-refractivity contribution is -0.148. The van der Waals surface area contributed by atoms with E-state index in [9.17, 15) is 14.0 Å². The molecule has 1 aromatic carbocycles. The highest BCUT2D eigenvalue weighted by atomic mass is 19.1. The molecule has 1 heterocycles. The molecule has 1 aliphatic carbocycles. The number of hydrogen-bond acceptors (Lipinski definition) is 5. The van der Waals surface area contributed by atoms with E-state index in [4.69, 9.17) is 14.2 Å². The van der Waals surface area contributed by atoms with Gasteiger partial charge >= 0.3 is 12.1 Å². The fourth-order valence-electron chi connectivity index (χ4n) is 4.22. The fraction of sp³-hybridized carbons (Fsp3) is 0.615. The van der Waals surface area contributed by atoms with Crippen molar-refractivity contribution >= 4 is 17.6 Å². The Hall–Kier alpha value is -2.57. The number of amides is 1. The van der Waals surface area contributed by atoms with Crippen molar-refractivity contribution in [2.24, 2.45) is 11.8 Å². The molecule has 0 aromatic heterocycles. The van der Waals surface area contributed by atoms with Crippen LogP contribution in [-0.2, 0) is 14.3 Å². The minimum absolute atomic E-state index is 0.138. The molecule has 1 amide bonds. The second-order valence-electron chi connectivity index (χ2n) is 9.82. The van der Waals surface area contributed by atoms with Crippen LogP contribution >= 0.6 is 0 Å². The minimum atomic E-state index is -0.496. The van der Waals surface area contributed by atoms with Crippen molar-refractivity contribution < 1.29 is 28.2 Å². The Morgan fingerprint density at radius 3 is 2.45 bits per heavy atom. The molecule has 1 aliphatic heterocycles. The molecule has 3 rings (SSSR count). The summed E-state index contributed by atoms with van der Waals surface area (Å²) in [6.45, 7) is 9.53. The highest BCUT2D eigenvalue weighted by Gasteiger charge is 2.27. The molecule has 0 radical (unpaired) electrons. The van der Waals surface area contributed by atoms with E-state index in [0.717, 1.165) is 18.4 Å². The van der Waals surface area contributed by atoms with Crippen LogP contribution in [0.15, 0.2) is 24.3 Å². The highest BCUT2D eigenvalue weighted by Crippen LogP contribution is 2.33. The van der Waals surface area contributed by atoms with Gasteiger partial charge in [-0.15, -0.1) is 0 Å². The Morgan fingerprint density at radius 1 is 1.15 bits per heavy atom. The van der Waals surface area contributed by atoms with Crippen LogP contribution < -0.4 is 4.74 Å². The Bertz CT molecular complexity index is 868. The van der Waals surface area contributed by atoms with Gasteiger partial charge in [0.2, 0.25) is 0 Å². The van der Waals surface area contributed by atoms with Gasteiger partial charge in [-0.2, -0.15) is 0 Å². The number of carbonyl (C=O) groups is 2. The van der Waals surface area contributed by atoms with Crippen molar-refractivity contribution in [1.29, 1.82) is 0 Å². The number of piperidine rings is 1. The monoisotopic (exact) mass is 461 g/mol. The van der Waals surface area contributed by atoms with Crippen LogP contribution in [0.2, 0.25) is 0 Å². The van der Waals surface area contributed by atoms with E-state index < -0.39 is 5.60 Å². The number of halogens is 1. The molecule has 0 spiro atoms. The summed E-state index contributed by atoms with van der Waals surface area (Å²) in [7, 11) is 0. The van der Waals surface area contributed by atoms with E-state index in [1.165, 1.54) is 6.07 Å². The lowest BCUT2D eigenvalue weighted by atomic mass is 9.86. The quantitative estimate of drug-likeness (QED) is 0.516. The molecule has 33 heavy (non-hydrogen) atoms. The largest absolute Gasteiger partial charge is 0.493 e. The molecule has 0 N–H and O–H groups in total. The molecule has 1 unspecified atom stereocenters. The van der Waals surface area contributed by atoms with E-state index in [-0.39, 0.29) is 23.8 Å². The molecule has 1 aromatic rings. The third-order valence-corrected chi connectivity index (χ3v) is 6.07. The van der Waals surface area contributed by atoms with Crippen molar-refractivity contribution in [1.82, 2.24) is 4.90 Å². The molecule has 0 saturated carbocycles. The van der Waals surface area contributed by atoms with Crippen molar-refractivity contribution in [3.8, 4) is 5.75 Å². The lowest BCUT2D eigenvalue weighted by Crippen LogP contribution is -2.42. The molecule has 1 saturated heterocycles. The molecule has 6 nitrogen and oxygen atoms in total. The second-order valence-corrected chi connectivity index (χ2v) is 9.82. The summed E-state index contributed by atoms with van der Waals surface area (Å²) in [5, 5.41) is 0. The standard InChI is InChI=1S/C26H36FNO5/c1-5-31-24(29)20-8-6-19(7-9-20)22-11-10-21(16-23(22)27)32-17-18-12-14-28(15-13-18)25(30)33-26(2,3)4/h6,10-11,16,18,20H,5,7-9,12-15,17H2,1-4H3. The smallest absolute Gasteiger partial charge is 0.410 e. The summed E-state index contributed by atoms with van der Waals surface area (Å²) in [5.41, 5.74) is 0.994. The molecule has 182 valence electrons.